The molecule has 0 aliphatic carbocycles. The molecule has 0 aromatic rings. The zero-order valence-electron chi connectivity index (χ0n) is 9.91. The molecule has 1 aliphatic rings. The largest absolute Gasteiger partial charge is 0.459 e. The van der Waals surface area contributed by atoms with Crippen LogP contribution in [0.1, 0.15) is 64.7 Å². The fraction of sp³-hybridized carbons (Fsp3) is 0.846. The number of hydrogen-bond donors (Lipinski definition) is 0. The third-order valence-electron chi connectivity index (χ3n) is 2.81. The van der Waals surface area contributed by atoms with E-state index in [4.69, 9.17) is 9.47 Å². The van der Waals surface area contributed by atoms with Gasteiger partial charge in [-0.15, -0.1) is 0 Å². The first-order valence-corrected chi connectivity index (χ1v) is 6.39. The lowest BCUT2D eigenvalue weighted by Gasteiger charge is -2.09. The molecule has 2 nitrogen and oxygen atoms in total. The van der Waals surface area contributed by atoms with Gasteiger partial charge in [-0.25, -0.2) is 0 Å². The van der Waals surface area contributed by atoms with E-state index in [2.05, 4.69) is 6.92 Å². The molecule has 1 rings (SSSR count). The number of hydrogen-bond acceptors (Lipinski definition) is 2. The molecule has 1 aliphatic heterocycles. The summed E-state index contributed by atoms with van der Waals surface area (Å²) >= 11 is 0. The Kier molecular flexibility index (Phi) is 7.14. The molecule has 0 radical (unpaired) electrons. The highest BCUT2D eigenvalue weighted by Crippen LogP contribution is 2.15. The maximum absolute atomic E-state index is 5.21. The van der Waals surface area contributed by atoms with E-state index in [0.29, 0.717) is 0 Å². The number of rotatable bonds is 9. The highest BCUT2D eigenvalue weighted by atomic mass is 16.7. The van der Waals surface area contributed by atoms with Gasteiger partial charge in [-0.05, 0) is 6.42 Å². The van der Waals surface area contributed by atoms with E-state index in [9.17, 15) is 0 Å². The summed E-state index contributed by atoms with van der Waals surface area (Å²) in [6.45, 7) is 2.26. The summed E-state index contributed by atoms with van der Waals surface area (Å²) in [5.41, 5.74) is 0. The van der Waals surface area contributed by atoms with Crippen LogP contribution in [0.25, 0.3) is 0 Å². The Morgan fingerprint density at radius 2 is 1.33 bits per heavy atom. The van der Waals surface area contributed by atoms with Gasteiger partial charge in [-0.2, -0.15) is 0 Å². The fourth-order valence-electron chi connectivity index (χ4n) is 1.85. The van der Waals surface area contributed by atoms with Gasteiger partial charge in [-0.3, -0.25) is 0 Å². The van der Waals surface area contributed by atoms with E-state index in [1.54, 1.807) is 12.5 Å². The molecule has 1 heterocycles. The van der Waals surface area contributed by atoms with Crippen LogP contribution in [-0.4, -0.2) is 6.29 Å². The lowest BCUT2D eigenvalue weighted by molar-refractivity contribution is -0.0295. The molecule has 0 spiro atoms. The van der Waals surface area contributed by atoms with E-state index in [1.165, 1.54) is 51.4 Å². The second-order valence-electron chi connectivity index (χ2n) is 4.24. The summed E-state index contributed by atoms with van der Waals surface area (Å²) < 4.78 is 10.4. The van der Waals surface area contributed by atoms with Crippen molar-refractivity contribution in [1.29, 1.82) is 0 Å². The minimum atomic E-state index is 0.00471. The third-order valence-corrected chi connectivity index (χ3v) is 2.81. The Morgan fingerprint density at radius 3 is 1.93 bits per heavy atom. The van der Waals surface area contributed by atoms with E-state index in [0.717, 1.165) is 6.42 Å². The summed E-state index contributed by atoms with van der Waals surface area (Å²) in [6, 6.07) is 0. The van der Waals surface area contributed by atoms with Crippen molar-refractivity contribution in [2.24, 2.45) is 0 Å². The van der Waals surface area contributed by atoms with Gasteiger partial charge in [0.1, 0.15) is 12.5 Å². The van der Waals surface area contributed by atoms with Crippen LogP contribution in [0.5, 0.6) is 0 Å². The van der Waals surface area contributed by atoms with E-state index in [1.807, 2.05) is 0 Å². The third kappa shape index (κ3) is 6.43. The van der Waals surface area contributed by atoms with Crippen LogP contribution in [0.4, 0.5) is 0 Å². The Hall–Kier alpha value is -0.660. The molecule has 0 aromatic heterocycles. The van der Waals surface area contributed by atoms with Gasteiger partial charge in [0.05, 0.1) is 0 Å². The van der Waals surface area contributed by atoms with Crippen molar-refractivity contribution >= 4 is 0 Å². The molecule has 88 valence electrons. The lowest BCUT2D eigenvalue weighted by Crippen LogP contribution is -2.06. The standard InChI is InChI=1S/C13H24O2/c1-2-3-4-5-6-7-8-9-10-13-14-11-12-15-13/h11-13H,2-10H2,1H3. The molecular formula is C13H24O2. The zero-order chi connectivity index (χ0) is 10.8. The monoisotopic (exact) mass is 212 g/mol. The van der Waals surface area contributed by atoms with E-state index >= 15 is 0 Å². The Morgan fingerprint density at radius 1 is 0.800 bits per heavy atom. The van der Waals surface area contributed by atoms with Crippen LogP contribution in [-0.2, 0) is 9.47 Å². The minimum absolute atomic E-state index is 0.00471. The lowest BCUT2D eigenvalue weighted by atomic mass is 10.1. The fourth-order valence-corrected chi connectivity index (χ4v) is 1.85. The molecule has 0 unspecified atom stereocenters. The van der Waals surface area contributed by atoms with Crippen molar-refractivity contribution in [3.05, 3.63) is 12.5 Å². The van der Waals surface area contributed by atoms with Gasteiger partial charge in [0.25, 0.3) is 0 Å². The summed E-state index contributed by atoms with van der Waals surface area (Å²) in [5, 5.41) is 0. The SMILES string of the molecule is CCCCCCCCCCC1OC=CO1. The highest BCUT2D eigenvalue weighted by Gasteiger charge is 2.10. The predicted octanol–water partition coefficient (Wildman–Crippen LogP) is 4.36. The quantitative estimate of drug-likeness (QED) is 0.529. The van der Waals surface area contributed by atoms with E-state index < -0.39 is 0 Å². The first kappa shape index (κ1) is 12.4. The first-order valence-electron chi connectivity index (χ1n) is 6.39. The molecule has 0 aromatic carbocycles. The molecule has 15 heavy (non-hydrogen) atoms. The normalized spacial score (nSPS) is 15.3. The van der Waals surface area contributed by atoms with Crippen LogP contribution < -0.4 is 0 Å². The predicted molar refractivity (Wildman–Crippen MR) is 62.3 cm³/mol. The van der Waals surface area contributed by atoms with Crippen molar-refractivity contribution in [3.63, 3.8) is 0 Å². The van der Waals surface area contributed by atoms with Gasteiger partial charge in [0, 0.05) is 6.42 Å². The second-order valence-corrected chi connectivity index (χ2v) is 4.24. The molecule has 0 bridgehead atoms. The van der Waals surface area contributed by atoms with Crippen molar-refractivity contribution in [3.8, 4) is 0 Å². The maximum atomic E-state index is 5.21. The first-order chi connectivity index (χ1) is 7.43. The van der Waals surface area contributed by atoms with Crippen LogP contribution >= 0.6 is 0 Å². The van der Waals surface area contributed by atoms with Crippen molar-refractivity contribution in [2.75, 3.05) is 0 Å². The summed E-state index contributed by atoms with van der Waals surface area (Å²) in [7, 11) is 0. The summed E-state index contributed by atoms with van der Waals surface area (Å²) in [4.78, 5) is 0. The van der Waals surface area contributed by atoms with Crippen LogP contribution in [0, 0.1) is 0 Å². The van der Waals surface area contributed by atoms with Gasteiger partial charge in [-0.1, -0.05) is 51.9 Å². The highest BCUT2D eigenvalue weighted by molar-refractivity contribution is 4.70. The molecular weight excluding hydrogens is 188 g/mol. The minimum Gasteiger partial charge on any atom is -0.459 e. The van der Waals surface area contributed by atoms with Crippen molar-refractivity contribution in [1.82, 2.24) is 0 Å². The number of ether oxygens (including phenoxy) is 2. The zero-order valence-corrected chi connectivity index (χ0v) is 9.91. The average Bonchev–Trinajstić information content (AvgIpc) is 2.75. The molecule has 0 N–H and O–H groups in total. The number of unbranched alkanes of at least 4 members (excludes halogenated alkanes) is 7. The smallest absolute Gasteiger partial charge is 0.239 e. The van der Waals surface area contributed by atoms with Gasteiger partial charge < -0.3 is 9.47 Å². The second kappa shape index (κ2) is 8.63. The van der Waals surface area contributed by atoms with E-state index in [-0.39, 0.29) is 6.29 Å². The average molecular weight is 212 g/mol. The Balaban J connectivity index is 1.73. The van der Waals surface area contributed by atoms with Crippen LogP contribution in [0.2, 0.25) is 0 Å². The molecule has 2 heteroatoms. The molecule has 0 atom stereocenters. The van der Waals surface area contributed by atoms with Crippen molar-refractivity contribution < 1.29 is 9.47 Å². The Labute approximate surface area is 93.7 Å². The molecule has 0 fully saturated rings. The maximum Gasteiger partial charge on any atom is 0.239 e. The summed E-state index contributed by atoms with van der Waals surface area (Å²) in [5.74, 6) is 0. The topological polar surface area (TPSA) is 18.5 Å². The van der Waals surface area contributed by atoms with Crippen LogP contribution in [0.3, 0.4) is 0 Å². The summed E-state index contributed by atoms with van der Waals surface area (Å²) in [6.07, 6.45) is 15.2. The molecule has 0 amide bonds. The van der Waals surface area contributed by atoms with Gasteiger partial charge >= 0.3 is 0 Å². The molecule has 0 saturated heterocycles. The van der Waals surface area contributed by atoms with Crippen LogP contribution in [0.15, 0.2) is 12.5 Å². The van der Waals surface area contributed by atoms with Crippen molar-refractivity contribution in [2.45, 2.75) is 71.0 Å². The van der Waals surface area contributed by atoms with Gasteiger partial charge in [0.2, 0.25) is 6.29 Å². The molecule has 0 saturated carbocycles. The Bertz CT molecular complexity index is 158. The van der Waals surface area contributed by atoms with Gasteiger partial charge in [0.15, 0.2) is 0 Å².